The van der Waals surface area contributed by atoms with Gasteiger partial charge in [-0.25, -0.2) is 13.6 Å². The van der Waals surface area contributed by atoms with Gasteiger partial charge in [0.25, 0.3) is 5.56 Å². The molecule has 0 fully saturated rings. The predicted molar refractivity (Wildman–Crippen MR) is 59.8 cm³/mol. The third-order valence-corrected chi connectivity index (χ3v) is 2.52. The fraction of sp³-hybridized carbons (Fsp3) is 0.0909. The minimum atomic E-state index is -0.895. The second kappa shape index (κ2) is 3.65. The third-order valence-electron chi connectivity index (χ3n) is 2.52. The van der Waals surface area contributed by atoms with Crippen LogP contribution < -0.4 is 11.2 Å². The van der Waals surface area contributed by atoms with Crippen molar-refractivity contribution in [3.63, 3.8) is 0 Å². The van der Waals surface area contributed by atoms with Crippen LogP contribution in [0.1, 0.15) is 5.56 Å². The van der Waals surface area contributed by atoms with Gasteiger partial charge in [-0.15, -0.1) is 0 Å². The summed E-state index contributed by atoms with van der Waals surface area (Å²) in [6.45, 7) is 3.32. The van der Waals surface area contributed by atoms with Crippen LogP contribution in [-0.4, -0.2) is 9.55 Å². The zero-order chi connectivity index (χ0) is 12.7. The lowest BCUT2D eigenvalue weighted by Gasteiger charge is -2.05. The molecule has 0 unspecified atom stereocenters. The summed E-state index contributed by atoms with van der Waals surface area (Å²) >= 11 is 0. The van der Waals surface area contributed by atoms with Gasteiger partial charge in [0, 0.05) is 12.6 Å². The average Bonchev–Trinajstić information content (AvgIpc) is 2.30. The Morgan fingerprint density at radius 2 is 2.06 bits per heavy atom. The quantitative estimate of drug-likeness (QED) is 0.810. The standard InChI is InChI=1S/C11H8F2N2O2/c1-3-5-4-6(12)7-9(8(5)13)14-11(17)15(2)10(7)16/h3-4H,1H2,2H3,(H,14,17). The van der Waals surface area contributed by atoms with E-state index in [0.717, 1.165) is 12.1 Å². The van der Waals surface area contributed by atoms with E-state index in [0.29, 0.717) is 4.57 Å². The van der Waals surface area contributed by atoms with E-state index in [9.17, 15) is 18.4 Å². The Balaban J connectivity index is 3.17. The molecule has 1 aromatic carbocycles. The molecule has 17 heavy (non-hydrogen) atoms. The van der Waals surface area contributed by atoms with Crippen molar-refractivity contribution in [3.05, 3.63) is 50.7 Å². The number of H-pyrrole nitrogens is 1. The normalized spacial score (nSPS) is 10.8. The highest BCUT2D eigenvalue weighted by Crippen LogP contribution is 2.19. The molecule has 2 rings (SSSR count). The number of aromatic nitrogens is 2. The van der Waals surface area contributed by atoms with Gasteiger partial charge in [0.2, 0.25) is 0 Å². The summed E-state index contributed by atoms with van der Waals surface area (Å²) in [4.78, 5) is 25.1. The first-order valence-electron chi connectivity index (χ1n) is 4.70. The Morgan fingerprint density at radius 1 is 1.41 bits per heavy atom. The predicted octanol–water partition coefficient (Wildman–Crippen LogP) is 1.15. The molecule has 4 nitrogen and oxygen atoms in total. The van der Waals surface area contributed by atoms with E-state index in [2.05, 4.69) is 11.6 Å². The highest BCUT2D eigenvalue weighted by atomic mass is 19.1. The molecule has 0 spiro atoms. The topological polar surface area (TPSA) is 54.9 Å². The largest absolute Gasteiger partial charge is 0.328 e. The number of hydrogen-bond acceptors (Lipinski definition) is 2. The number of nitrogens with zero attached hydrogens (tertiary/aromatic N) is 1. The fourth-order valence-electron chi connectivity index (χ4n) is 1.57. The molecule has 0 atom stereocenters. The number of hydrogen-bond donors (Lipinski definition) is 1. The summed E-state index contributed by atoms with van der Waals surface area (Å²) in [5.74, 6) is -1.76. The van der Waals surface area contributed by atoms with Crippen molar-refractivity contribution in [2.45, 2.75) is 0 Å². The van der Waals surface area contributed by atoms with E-state index in [-0.39, 0.29) is 5.56 Å². The number of nitrogens with one attached hydrogen (secondary N) is 1. The lowest BCUT2D eigenvalue weighted by Crippen LogP contribution is -2.33. The van der Waals surface area contributed by atoms with E-state index < -0.39 is 33.8 Å². The Morgan fingerprint density at radius 3 is 2.65 bits per heavy atom. The highest BCUT2D eigenvalue weighted by Gasteiger charge is 2.16. The van der Waals surface area contributed by atoms with Crippen molar-refractivity contribution in [1.29, 1.82) is 0 Å². The van der Waals surface area contributed by atoms with Crippen LogP contribution in [0.25, 0.3) is 17.0 Å². The average molecular weight is 238 g/mol. The number of benzene rings is 1. The fourth-order valence-corrected chi connectivity index (χ4v) is 1.57. The molecule has 0 radical (unpaired) electrons. The first kappa shape index (κ1) is 11.3. The minimum Gasteiger partial charge on any atom is -0.304 e. The summed E-state index contributed by atoms with van der Waals surface area (Å²) in [5.41, 5.74) is -2.23. The first-order chi connectivity index (χ1) is 7.97. The smallest absolute Gasteiger partial charge is 0.304 e. The van der Waals surface area contributed by atoms with Crippen molar-refractivity contribution in [3.8, 4) is 0 Å². The molecule has 0 saturated carbocycles. The van der Waals surface area contributed by atoms with Crippen LogP contribution >= 0.6 is 0 Å². The van der Waals surface area contributed by atoms with E-state index in [4.69, 9.17) is 0 Å². The Kier molecular flexibility index (Phi) is 2.42. The summed E-state index contributed by atoms with van der Waals surface area (Å²) in [6.07, 6.45) is 1.10. The second-order valence-electron chi connectivity index (χ2n) is 3.51. The Labute approximate surface area is 93.8 Å². The van der Waals surface area contributed by atoms with Gasteiger partial charge in [0.1, 0.15) is 11.2 Å². The molecular weight excluding hydrogens is 230 g/mol. The molecule has 0 saturated heterocycles. The zero-order valence-corrected chi connectivity index (χ0v) is 8.88. The number of halogens is 2. The summed E-state index contributed by atoms with van der Waals surface area (Å²) in [5, 5.41) is -0.477. The van der Waals surface area contributed by atoms with E-state index >= 15 is 0 Å². The molecular formula is C11H8F2N2O2. The van der Waals surface area contributed by atoms with Crippen molar-refractivity contribution < 1.29 is 8.78 Å². The zero-order valence-electron chi connectivity index (χ0n) is 8.88. The van der Waals surface area contributed by atoms with Gasteiger partial charge in [0.05, 0.1) is 5.52 Å². The molecule has 1 aromatic heterocycles. The van der Waals surface area contributed by atoms with Crippen LogP contribution in [0.2, 0.25) is 0 Å². The molecule has 1 heterocycles. The molecule has 2 aromatic rings. The third kappa shape index (κ3) is 1.49. The van der Waals surface area contributed by atoms with Crippen molar-refractivity contribution >= 4 is 17.0 Å². The number of aromatic amines is 1. The number of fused-ring (bicyclic) bond motifs is 1. The summed E-state index contributed by atoms with van der Waals surface area (Å²) in [6, 6.07) is 0.865. The monoisotopic (exact) mass is 238 g/mol. The molecule has 1 N–H and O–H groups in total. The highest BCUT2D eigenvalue weighted by molar-refractivity contribution is 5.81. The van der Waals surface area contributed by atoms with Gasteiger partial charge in [-0.2, -0.15) is 0 Å². The first-order valence-corrected chi connectivity index (χ1v) is 4.70. The van der Waals surface area contributed by atoms with Crippen molar-refractivity contribution in [2.24, 2.45) is 7.05 Å². The van der Waals surface area contributed by atoms with Crippen LogP contribution in [0.5, 0.6) is 0 Å². The van der Waals surface area contributed by atoms with Crippen molar-refractivity contribution in [2.75, 3.05) is 0 Å². The molecule has 6 heteroatoms. The van der Waals surface area contributed by atoms with Gasteiger partial charge < -0.3 is 4.98 Å². The molecule has 0 aliphatic carbocycles. The molecule has 0 aliphatic heterocycles. The van der Waals surface area contributed by atoms with E-state index in [1.54, 1.807) is 0 Å². The van der Waals surface area contributed by atoms with Crippen LogP contribution in [0.15, 0.2) is 22.2 Å². The minimum absolute atomic E-state index is 0.112. The molecule has 0 bridgehead atoms. The maximum absolute atomic E-state index is 13.8. The van der Waals surface area contributed by atoms with Gasteiger partial charge in [-0.1, -0.05) is 12.7 Å². The molecule has 0 amide bonds. The molecule has 0 aliphatic rings. The maximum Gasteiger partial charge on any atom is 0.328 e. The Hall–Kier alpha value is -2.24. The second-order valence-corrected chi connectivity index (χ2v) is 3.51. The van der Waals surface area contributed by atoms with Gasteiger partial charge in [-0.05, 0) is 6.07 Å². The van der Waals surface area contributed by atoms with Gasteiger partial charge in [0.15, 0.2) is 5.82 Å². The van der Waals surface area contributed by atoms with E-state index in [1.165, 1.54) is 7.05 Å². The number of rotatable bonds is 1. The summed E-state index contributed by atoms with van der Waals surface area (Å²) in [7, 11) is 1.18. The van der Waals surface area contributed by atoms with E-state index in [1.807, 2.05) is 0 Å². The lowest BCUT2D eigenvalue weighted by molar-refractivity contribution is 0.607. The van der Waals surface area contributed by atoms with Crippen LogP contribution in [0, 0.1) is 11.6 Å². The van der Waals surface area contributed by atoms with Crippen LogP contribution in [0.3, 0.4) is 0 Å². The van der Waals surface area contributed by atoms with Crippen LogP contribution in [0.4, 0.5) is 8.78 Å². The lowest BCUT2D eigenvalue weighted by atomic mass is 10.1. The summed E-state index contributed by atoms with van der Waals surface area (Å²) < 4.78 is 28.1. The van der Waals surface area contributed by atoms with Crippen LogP contribution in [-0.2, 0) is 7.05 Å². The Bertz CT molecular complexity index is 744. The van der Waals surface area contributed by atoms with Gasteiger partial charge >= 0.3 is 5.69 Å². The maximum atomic E-state index is 13.8. The van der Waals surface area contributed by atoms with Gasteiger partial charge in [-0.3, -0.25) is 9.36 Å². The van der Waals surface area contributed by atoms with Crippen molar-refractivity contribution in [1.82, 2.24) is 9.55 Å². The SMILES string of the molecule is C=Cc1cc(F)c2c(=O)n(C)c(=O)[nH]c2c1F. The molecule has 88 valence electrons.